The van der Waals surface area contributed by atoms with Gasteiger partial charge in [-0.05, 0) is 36.6 Å². The second-order valence-corrected chi connectivity index (χ2v) is 6.20. The lowest BCUT2D eigenvalue weighted by atomic mass is 9.99. The number of anilines is 1. The molecule has 24 heavy (non-hydrogen) atoms. The number of para-hydroxylation sites is 2. The smallest absolute Gasteiger partial charge is 0.225 e. The van der Waals surface area contributed by atoms with Crippen molar-refractivity contribution in [1.82, 2.24) is 4.90 Å². The van der Waals surface area contributed by atoms with Crippen LogP contribution in [0.5, 0.6) is 5.75 Å². The predicted octanol–water partition coefficient (Wildman–Crippen LogP) is 3.51. The zero-order chi connectivity index (χ0) is 16.8. The van der Waals surface area contributed by atoms with Crippen LogP contribution >= 0.6 is 0 Å². The number of hydrogen-bond donors (Lipinski definition) is 1. The molecule has 1 heterocycles. The summed E-state index contributed by atoms with van der Waals surface area (Å²) in [4.78, 5) is 14.6. The van der Waals surface area contributed by atoms with Gasteiger partial charge < -0.3 is 15.0 Å². The summed E-state index contributed by atoms with van der Waals surface area (Å²) in [5, 5.41) is 2.94. The maximum absolute atomic E-state index is 12.2. The highest BCUT2D eigenvalue weighted by atomic mass is 16.5. The molecule has 126 valence electrons. The van der Waals surface area contributed by atoms with Crippen LogP contribution < -0.4 is 10.1 Å². The van der Waals surface area contributed by atoms with E-state index in [0.717, 1.165) is 31.7 Å². The van der Waals surface area contributed by atoms with Crippen molar-refractivity contribution in [1.29, 1.82) is 0 Å². The van der Waals surface area contributed by atoms with Crippen molar-refractivity contribution in [3.63, 3.8) is 0 Å². The third kappa shape index (κ3) is 4.15. The van der Waals surface area contributed by atoms with Crippen LogP contribution in [0.2, 0.25) is 0 Å². The van der Waals surface area contributed by atoms with Gasteiger partial charge in [-0.2, -0.15) is 0 Å². The fourth-order valence-corrected chi connectivity index (χ4v) is 3.25. The number of hydrogen-bond acceptors (Lipinski definition) is 3. The van der Waals surface area contributed by atoms with E-state index in [4.69, 9.17) is 4.74 Å². The van der Waals surface area contributed by atoms with Crippen LogP contribution in [-0.2, 0) is 4.79 Å². The summed E-state index contributed by atoms with van der Waals surface area (Å²) in [6.07, 6.45) is 1.66. The van der Waals surface area contributed by atoms with Gasteiger partial charge >= 0.3 is 0 Å². The van der Waals surface area contributed by atoms with Crippen molar-refractivity contribution >= 4 is 11.6 Å². The average Bonchev–Trinajstić information content (AvgIpc) is 3.10. The molecular formula is C20H24N2O2. The SMILES string of the molecule is COc1ccccc1NC(=O)CCN1CC[C@H](c2ccccc2)C1. The Bertz CT molecular complexity index is 672. The lowest BCUT2D eigenvalue weighted by Gasteiger charge is -2.16. The molecule has 0 unspecified atom stereocenters. The molecule has 0 aromatic heterocycles. The molecule has 1 atom stereocenters. The summed E-state index contributed by atoms with van der Waals surface area (Å²) in [5.74, 6) is 1.31. The third-order valence-electron chi connectivity index (χ3n) is 4.58. The van der Waals surface area contributed by atoms with Gasteiger partial charge in [0.15, 0.2) is 0 Å². The minimum Gasteiger partial charge on any atom is -0.495 e. The summed E-state index contributed by atoms with van der Waals surface area (Å²) in [7, 11) is 1.61. The molecule has 4 nitrogen and oxygen atoms in total. The minimum absolute atomic E-state index is 0.0302. The van der Waals surface area contributed by atoms with Crippen LogP contribution in [0.3, 0.4) is 0 Å². The van der Waals surface area contributed by atoms with Crippen LogP contribution in [0.4, 0.5) is 5.69 Å². The van der Waals surface area contributed by atoms with Gasteiger partial charge in [0.2, 0.25) is 5.91 Å². The van der Waals surface area contributed by atoms with E-state index in [1.807, 2.05) is 24.3 Å². The van der Waals surface area contributed by atoms with Crippen LogP contribution in [0.25, 0.3) is 0 Å². The van der Waals surface area contributed by atoms with Crippen molar-refractivity contribution in [3.05, 3.63) is 60.2 Å². The maximum atomic E-state index is 12.2. The summed E-state index contributed by atoms with van der Waals surface area (Å²) in [5.41, 5.74) is 2.13. The molecule has 4 heteroatoms. The predicted molar refractivity (Wildman–Crippen MR) is 96.5 cm³/mol. The molecule has 1 aliphatic heterocycles. The molecule has 0 aliphatic carbocycles. The molecule has 0 spiro atoms. The minimum atomic E-state index is 0.0302. The fourth-order valence-electron chi connectivity index (χ4n) is 3.25. The zero-order valence-corrected chi connectivity index (χ0v) is 14.1. The Morgan fingerprint density at radius 3 is 2.71 bits per heavy atom. The lowest BCUT2D eigenvalue weighted by molar-refractivity contribution is -0.116. The molecule has 1 aliphatic rings. The zero-order valence-electron chi connectivity index (χ0n) is 14.1. The standard InChI is InChI=1S/C20H24N2O2/c1-24-19-10-6-5-9-18(19)21-20(23)12-14-22-13-11-17(15-22)16-7-3-2-4-8-16/h2-10,17H,11-15H2,1H3,(H,21,23)/t17-/m0/s1. The Hall–Kier alpha value is -2.33. The van der Waals surface area contributed by atoms with E-state index in [1.165, 1.54) is 5.56 Å². The highest BCUT2D eigenvalue weighted by molar-refractivity contribution is 5.92. The second kappa shape index (κ2) is 7.97. The number of ether oxygens (including phenoxy) is 1. The first-order valence-corrected chi connectivity index (χ1v) is 8.46. The normalized spacial score (nSPS) is 17.6. The van der Waals surface area contributed by atoms with Gasteiger partial charge in [0.1, 0.15) is 5.75 Å². The van der Waals surface area contributed by atoms with Gasteiger partial charge in [-0.25, -0.2) is 0 Å². The molecule has 1 fully saturated rings. The van der Waals surface area contributed by atoms with E-state index in [2.05, 4.69) is 40.5 Å². The van der Waals surface area contributed by atoms with Crippen molar-refractivity contribution in [3.8, 4) is 5.75 Å². The van der Waals surface area contributed by atoms with Crippen molar-refractivity contribution in [2.24, 2.45) is 0 Å². The molecule has 2 aromatic rings. The van der Waals surface area contributed by atoms with E-state index in [-0.39, 0.29) is 5.91 Å². The number of carbonyl (C=O) groups excluding carboxylic acids is 1. The van der Waals surface area contributed by atoms with Crippen molar-refractivity contribution < 1.29 is 9.53 Å². The Labute approximate surface area is 143 Å². The summed E-state index contributed by atoms with van der Waals surface area (Å²) < 4.78 is 5.26. The number of benzene rings is 2. The van der Waals surface area contributed by atoms with Gasteiger partial charge in [-0.15, -0.1) is 0 Å². The van der Waals surface area contributed by atoms with Gasteiger partial charge in [0.25, 0.3) is 0 Å². The van der Waals surface area contributed by atoms with Gasteiger partial charge in [0, 0.05) is 19.5 Å². The number of likely N-dealkylation sites (tertiary alicyclic amines) is 1. The monoisotopic (exact) mass is 324 g/mol. The van der Waals surface area contributed by atoms with Crippen molar-refractivity contribution in [2.45, 2.75) is 18.8 Å². The first-order valence-electron chi connectivity index (χ1n) is 8.46. The Balaban J connectivity index is 1.47. The van der Waals surface area contributed by atoms with E-state index >= 15 is 0 Å². The molecule has 0 radical (unpaired) electrons. The Morgan fingerprint density at radius 2 is 1.92 bits per heavy atom. The van der Waals surface area contributed by atoms with Gasteiger partial charge in [-0.1, -0.05) is 42.5 Å². The number of carbonyl (C=O) groups is 1. The first kappa shape index (κ1) is 16.5. The van der Waals surface area contributed by atoms with E-state index < -0.39 is 0 Å². The van der Waals surface area contributed by atoms with Crippen LogP contribution in [0, 0.1) is 0 Å². The van der Waals surface area contributed by atoms with Gasteiger partial charge in [-0.3, -0.25) is 4.79 Å². The number of amides is 1. The Kier molecular flexibility index (Phi) is 5.49. The fraction of sp³-hybridized carbons (Fsp3) is 0.350. The highest BCUT2D eigenvalue weighted by Crippen LogP contribution is 2.27. The molecule has 0 bridgehead atoms. The quantitative estimate of drug-likeness (QED) is 0.884. The molecule has 3 rings (SSSR count). The number of nitrogens with one attached hydrogen (secondary N) is 1. The van der Waals surface area contributed by atoms with Crippen molar-refractivity contribution in [2.75, 3.05) is 32.1 Å². The summed E-state index contributed by atoms with van der Waals surface area (Å²) >= 11 is 0. The molecule has 2 aromatic carbocycles. The average molecular weight is 324 g/mol. The van der Waals surface area contributed by atoms with E-state index in [0.29, 0.717) is 18.1 Å². The number of nitrogens with zero attached hydrogens (tertiary/aromatic N) is 1. The molecule has 1 saturated heterocycles. The van der Waals surface area contributed by atoms with Crippen LogP contribution in [-0.4, -0.2) is 37.6 Å². The van der Waals surface area contributed by atoms with Crippen LogP contribution in [0.15, 0.2) is 54.6 Å². The second-order valence-electron chi connectivity index (χ2n) is 6.20. The third-order valence-corrected chi connectivity index (χ3v) is 4.58. The molecular weight excluding hydrogens is 300 g/mol. The van der Waals surface area contributed by atoms with Gasteiger partial charge in [0.05, 0.1) is 12.8 Å². The summed E-state index contributed by atoms with van der Waals surface area (Å²) in [6.45, 7) is 2.89. The number of rotatable bonds is 6. The molecule has 0 saturated carbocycles. The van der Waals surface area contributed by atoms with E-state index in [1.54, 1.807) is 7.11 Å². The highest BCUT2D eigenvalue weighted by Gasteiger charge is 2.23. The van der Waals surface area contributed by atoms with Crippen LogP contribution in [0.1, 0.15) is 24.3 Å². The largest absolute Gasteiger partial charge is 0.495 e. The van der Waals surface area contributed by atoms with E-state index in [9.17, 15) is 4.79 Å². The lowest BCUT2D eigenvalue weighted by Crippen LogP contribution is -2.25. The molecule has 1 N–H and O–H groups in total. The summed E-state index contributed by atoms with van der Waals surface area (Å²) in [6, 6.07) is 18.1. The Morgan fingerprint density at radius 1 is 1.17 bits per heavy atom. The number of methoxy groups -OCH3 is 1. The first-order chi connectivity index (χ1) is 11.8. The maximum Gasteiger partial charge on any atom is 0.225 e. The topological polar surface area (TPSA) is 41.6 Å². The molecule has 1 amide bonds.